The fourth-order valence-electron chi connectivity index (χ4n) is 1.87. The molecular formula is C10H15ClF3NO3. The van der Waals surface area contributed by atoms with Crippen LogP contribution in [0, 0.1) is 0 Å². The first-order valence-electron chi connectivity index (χ1n) is 5.33. The molecule has 1 aliphatic rings. The summed E-state index contributed by atoms with van der Waals surface area (Å²) in [7, 11) is 1.35. The van der Waals surface area contributed by atoms with Crippen molar-refractivity contribution in [3.05, 3.63) is 0 Å². The lowest BCUT2D eigenvalue weighted by atomic mass is 9.86. The van der Waals surface area contributed by atoms with E-state index < -0.39 is 35.4 Å². The molecule has 18 heavy (non-hydrogen) atoms. The monoisotopic (exact) mass is 289 g/mol. The van der Waals surface area contributed by atoms with Crippen LogP contribution in [0.3, 0.4) is 0 Å². The first kappa shape index (κ1) is 15.5. The molecule has 1 rings (SSSR count). The maximum atomic E-state index is 12.2. The zero-order valence-corrected chi connectivity index (χ0v) is 10.9. The zero-order chi connectivity index (χ0) is 14.1. The van der Waals surface area contributed by atoms with Gasteiger partial charge in [0.15, 0.2) is 0 Å². The third kappa shape index (κ3) is 3.07. The Bertz CT molecular complexity index is 326. The molecule has 0 aromatic heterocycles. The van der Waals surface area contributed by atoms with Crippen molar-refractivity contribution in [2.24, 2.45) is 0 Å². The summed E-state index contributed by atoms with van der Waals surface area (Å²) in [4.78, 5) is 11.0. The van der Waals surface area contributed by atoms with E-state index in [1.165, 1.54) is 7.11 Å². The van der Waals surface area contributed by atoms with Gasteiger partial charge in [0.05, 0.1) is 12.1 Å². The third-order valence-electron chi connectivity index (χ3n) is 3.27. The van der Waals surface area contributed by atoms with E-state index in [0.717, 1.165) is 0 Å². The number of carbonyl (C=O) groups is 1. The predicted octanol–water partition coefficient (Wildman–Crippen LogP) is 1.81. The van der Waals surface area contributed by atoms with Gasteiger partial charge in [-0.2, -0.15) is 13.2 Å². The molecule has 1 heterocycles. The van der Waals surface area contributed by atoms with E-state index in [1.54, 1.807) is 13.8 Å². The number of methoxy groups -OCH3 is 1. The van der Waals surface area contributed by atoms with Crippen LogP contribution < -0.4 is 5.32 Å². The quantitative estimate of drug-likeness (QED) is 0.789. The maximum absolute atomic E-state index is 12.2. The fraction of sp³-hybridized carbons (Fsp3) is 0.900. The minimum atomic E-state index is -4.93. The number of ether oxygens (including phenoxy) is 2. The lowest BCUT2D eigenvalue weighted by Gasteiger charge is -2.46. The lowest BCUT2D eigenvalue weighted by molar-refractivity contribution is -0.191. The normalized spacial score (nSPS) is 37.4. The van der Waals surface area contributed by atoms with Gasteiger partial charge in [0.2, 0.25) is 0 Å². The molecule has 1 saturated heterocycles. The molecule has 4 atom stereocenters. The van der Waals surface area contributed by atoms with Gasteiger partial charge in [0.25, 0.3) is 0 Å². The van der Waals surface area contributed by atoms with Gasteiger partial charge in [-0.3, -0.25) is 4.79 Å². The van der Waals surface area contributed by atoms with E-state index in [9.17, 15) is 18.0 Å². The van der Waals surface area contributed by atoms with Crippen LogP contribution in [0.15, 0.2) is 0 Å². The van der Waals surface area contributed by atoms with Crippen molar-refractivity contribution in [2.75, 3.05) is 7.11 Å². The number of halogens is 4. The summed E-state index contributed by atoms with van der Waals surface area (Å²) >= 11 is 5.78. The maximum Gasteiger partial charge on any atom is 0.471 e. The summed E-state index contributed by atoms with van der Waals surface area (Å²) in [6.07, 6.45) is -5.44. The Morgan fingerprint density at radius 3 is 2.56 bits per heavy atom. The van der Waals surface area contributed by atoms with Crippen molar-refractivity contribution in [2.45, 2.75) is 49.8 Å². The number of hydrogen-bond donors (Lipinski definition) is 1. The van der Waals surface area contributed by atoms with Crippen LogP contribution in [0.2, 0.25) is 0 Å². The first-order valence-corrected chi connectivity index (χ1v) is 5.77. The first-order chi connectivity index (χ1) is 8.11. The Hall–Kier alpha value is -0.530. The number of hydrogen-bond acceptors (Lipinski definition) is 3. The lowest BCUT2D eigenvalue weighted by Crippen LogP contribution is -2.63. The highest BCUT2D eigenvalue weighted by Gasteiger charge is 2.49. The number of amides is 1. The van der Waals surface area contributed by atoms with Gasteiger partial charge >= 0.3 is 12.1 Å². The Kier molecular flexibility index (Phi) is 4.51. The zero-order valence-electron chi connectivity index (χ0n) is 10.2. The third-order valence-corrected chi connectivity index (χ3v) is 3.56. The van der Waals surface area contributed by atoms with Crippen molar-refractivity contribution >= 4 is 17.5 Å². The highest BCUT2D eigenvalue weighted by Crippen LogP contribution is 2.33. The molecule has 0 aromatic rings. The van der Waals surface area contributed by atoms with E-state index in [0.29, 0.717) is 0 Å². The van der Waals surface area contributed by atoms with E-state index >= 15 is 0 Å². The highest BCUT2D eigenvalue weighted by atomic mass is 35.5. The Morgan fingerprint density at radius 1 is 1.56 bits per heavy atom. The molecule has 4 nitrogen and oxygen atoms in total. The molecule has 1 fully saturated rings. The molecule has 0 radical (unpaired) electrons. The van der Waals surface area contributed by atoms with Crippen molar-refractivity contribution in [3.8, 4) is 0 Å². The number of alkyl halides is 4. The van der Waals surface area contributed by atoms with Crippen LogP contribution >= 0.6 is 11.6 Å². The molecule has 1 aliphatic heterocycles. The molecular weight excluding hydrogens is 275 g/mol. The summed E-state index contributed by atoms with van der Waals surface area (Å²) in [6.45, 7) is 3.20. The summed E-state index contributed by atoms with van der Waals surface area (Å²) in [5.41, 5.74) is -1.83. The van der Waals surface area contributed by atoms with Gasteiger partial charge in [-0.05, 0) is 13.8 Å². The van der Waals surface area contributed by atoms with Crippen molar-refractivity contribution in [1.29, 1.82) is 0 Å². The van der Waals surface area contributed by atoms with Crippen LogP contribution in [0.4, 0.5) is 13.2 Å². The summed E-state index contributed by atoms with van der Waals surface area (Å²) < 4.78 is 47.2. The summed E-state index contributed by atoms with van der Waals surface area (Å²) in [6, 6.07) is -0.872. The molecule has 1 amide bonds. The minimum Gasteiger partial charge on any atom is -0.374 e. The average Bonchev–Trinajstić information content (AvgIpc) is 2.23. The van der Waals surface area contributed by atoms with Crippen molar-refractivity contribution in [3.63, 3.8) is 0 Å². The van der Waals surface area contributed by atoms with E-state index in [-0.39, 0.29) is 6.42 Å². The van der Waals surface area contributed by atoms with Crippen molar-refractivity contribution in [1.82, 2.24) is 5.32 Å². The largest absolute Gasteiger partial charge is 0.471 e. The topological polar surface area (TPSA) is 47.6 Å². The van der Waals surface area contributed by atoms with E-state index in [4.69, 9.17) is 21.1 Å². The van der Waals surface area contributed by atoms with Gasteiger partial charge in [-0.1, -0.05) is 11.6 Å². The van der Waals surface area contributed by atoms with Gasteiger partial charge in [0, 0.05) is 13.5 Å². The molecule has 0 unspecified atom stereocenters. The fourth-order valence-corrected chi connectivity index (χ4v) is 2.20. The SMILES string of the molecule is CO[C@]1(C)[C@@H](NC(=O)C(F)(F)F)C[C@@H](Cl)O[C@@H]1C. The second-order valence-electron chi connectivity index (χ2n) is 4.34. The smallest absolute Gasteiger partial charge is 0.374 e. The van der Waals surface area contributed by atoms with Crippen LogP contribution in [0.1, 0.15) is 20.3 Å². The van der Waals surface area contributed by atoms with Crippen LogP contribution in [0.5, 0.6) is 0 Å². The number of rotatable bonds is 2. The standard InChI is InChI=1S/C10H15ClF3NO3/c1-5-9(2,17-3)6(4-7(11)18-5)15-8(16)10(12,13)14/h5-7H,4H2,1-3H3,(H,15,16)/t5-,6+,7+,9+/m1/s1. The second kappa shape index (κ2) is 5.22. The van der Waals surface area contributed by atoms with Crippen LogP contribution in [-0.2, 0) is 14.3 Å². The Labute approximate surface area is 108 Å². The molecule has 0 aromatic carbocycles. The van der Waals surface area contributed by atoms with Gasteiger partial charge in [-0.15, -0.1) is 0 Å². The summed E-state index contributed by atoms with van der Waals surface area (Å²) in [5.74, 6) is -2.01. The van der Waals surface area contributed by atoms with Gasteiger partial charge in [-0.25, -0.2) is 0 Å². The van der Waals surface area contributed by atoms with Gasteiger partial charge in [0.1, 0.15) is 11.2 Å². The molecule has 8 heteroatoms. The predicted molar refractivity (Wildman–Crippen MR) is 58.2 cm³/mol. The Morgan fingerprint density at radius 2 is 2.11 bits per heavy atom. The van der Waals surface area contributed by atoms with E-state index in [2.05, 4.69) is 0 Å². The van der Waals surface area contributed by atoms with E-state index in [1.807, 2.05) is 5.32 Å². The molecule has 106 valence electrons. The van der Waals surface area contributed by atoms with Crippen LogP contribution in [0.25, 0.3) is 0 Å². The molecule has 0 saturated carbocycles. The Balaban J connectivity index is 2.86. The van der Waals surface area contributed by atoms with Crippen LogP contribution in [-0.4, -0.2) is 42.5 Å². The molecule has 0 bridgehead atoms. The molecule has 0 aliphatic carbocycles. The average molecular weight is 290 g/mol. The highest BCUT2D eigenvalue weighted by molar-refractivity contribution is 6.19. The minimum absolute atomic E-state index is 0.0397. The number of carbonyl (C=O) groups excluding carboxylic acids is 1. The van der Waals surface area contributed by atoms with Gasteiger partial charge < -0.3 is 14.8 Å². The molecule has 0 spiro atoms. The number of nitrogens with one attached hydrogen (secondary N) is 1. The van der Waals surface area contributed by atoms with Crippen molar-refractivity contribution < 1.29 is 27.4 Å². The second-order valence-corrected chi connectivity index (χ2v) is 4.82. The molecule has 1 N–H and O–H groups in total. The summed E-state index contributed by atoms with van der Waals surface area (Å²) in [5, 5.41) is 1.91.